The second-order valence-electron chi connectivity index (χ2n) is 6.57. The molecular weight excluding hydrogens is 304 g/mol. The summed E-state index contributed by atoms with van der Waals surface area (Å²) in [6.07, 6.45) is 4.54. The number of rotatable bonds is 6. The zero-order chi connectivity index (χ0) is 15.0. The summed E-state index contributed by atoms with van der Waals surface area (Å²) >= 11 is 1.32. The van der Waals surface area contributed by atoms with Crippen LogP contribution in [0.2, 0.25) is 0 Å². The van der Waals surface area contributed by atoms with E-state index in [2.05, 4.69) is 23.9 Å². The molecule has 0 saturated heterocycles. The van der Waals surface area contributed by atoms with Crippen LogP contribution in [0.3, 0.4) is 0 Å². The van der Waals surface area contributed by atoms with Gasteiger partial charge in [0, 0.05) is 18.6 Å². The zero-order valence-electron chi connectivity index (χ0n) is 12.6. The van der Waals surface area contributed by atoms with Gasteiger partial charge in [0.15, 0.2) is 0 Å². The normalized spacial score (nSPS) is 29.9. The highest BCUT2D eigenvalue weighted by molar-refractivity contribution is 7.91. The van der Waals surface area contributed by atoms with Crippen LogP contribution in [0.4, 0.5) is 0 Å². The SMILES string of the molecule is CC1CCC(NS(=O)(=O)c2cc(CNC3CC3)cs2)C1C. The average Bonchev–Trinajstić information content (AvgIpc) is 3.06. The van der Waals surface area contributed by atoms with E-state index >= 15 is 0 Å². The van der Waals surface area contributed by atoms with Gasteiger partial charge in [0.2, 0.25) is 10.0 Å². The molecule has 21 heavy (non-hydrogen) atoms. The molecule has 2 aliphatic rings. The fraction of sp³-hybridized carbons (Fsp3) is 0.733. The molecule has 6 heteroatoms. The molecule has 0 aromatic carbocycles. The molecule has 0 aliphatic heterocycles. The lowest BCUT2D eigenvalue weighted by atomic mass is 9.98. The van der Waals surface area contributed by atoms with Gasteiger partial charge < -0.3 is 5.32 Å². The average molecular weight is 329 g/mol. The van der Waals surface area contributed by atoms with Crippen molar-refractivity contribution in [1.29, 1.82) is 0 Å². The van der Waals surface area contributed by atoms with Crippen molar-refractivity contribution in [3.05, 3.63) is 17.0 Å². The first-order chi connectivity index (χ1) is 9.95. The predicted octanol–water partition coefficient (Wildman–Crippen LogP) is 2.71. The summed E-state index contributed by atoms with van der Waals surface area (Å²) in [4.78, 5) is 0. The summed E-state index contributed by atoms with van der Waals surface area (Å²) in [7, 11) is -3.36. The predicted molar refractivity (Wildman–Crippen MR) is 85.9 cm³/mol. The van der Waals surface area contributed by atoms with E-state index in [4.69, 9.17) is 0 Å². The third-order valence-corrected chi connectivity index (χ3v) is 7.82. The smallest absolute Gasteiger partial charge is 0.250 e. The van der Waals surface area contributed by atoms with Gasteiger partial charge in [0.1, 0.15) is 4.21 Å². The Hall–Kier alpha value is -0.430. The summed E-state index contributed by atoms with van der Waals surface area (Å²) < 4.78 is 28.3. The second kappa shape index (κ2) is 5.99. The molecule has 2 saturated carbocycles. The molecule has 0 radical (unpaired) electrons. The van der Waals surface area contributed by atoms with Crippen LogP contribution in [0.15, 0.2) is 15.7 Å². The van der Waals surface area contributed by atoms with Gasteiger partial charge in [0.05, 0.1) is 0 Å². The number of nitrogens with one attached hydrogen (secondary N) is 2. The summed E-state index contributed by atoms with van der Waals surface area (Å²) in [6.45, 7) is 5.11. The Morgan fingerprint density at radius 3 is 2.62 bits per heavy atom. The molecule has 2 aliphatic carbocycles. The Bertz CT molecular complexity index is 593. The standard InChI is InChI=1S/C15H24N2O2S2/c1-10-3-6-14(11(10)2)17-21(18,19)15-7-12(9-20-15)8-16-13-4-5-13/h7,9-11,13-14,16-17H,3-6,8H2,1-2H3. The number of hydrogen-bond donors (Lipinski definition) is 2. The van der Waals surface area contributed by atoms with E-state index in [0.717, 1.165) is 24.9 Å². The van der Waals surface area contributed by atoms with Crippen molar-refractivity contribution < 1.29 is 8.42 Å². The minimum Gasteiger partial charge on any atom is -0.310 e. The number of thiophene rings is 1. The Balaban J connectivity index is 1.63. The highest BCUT2D eigenvalue weighted by Gasteiger charge is 2.33. The molecule has 3 atom stereocenters. The second-order valence-corrected chi connectivity index (χ2v) is 9.42. The van der Waals surface area contributed by atoms with Gasteiger partial charge in [-0.25, -0.2) is 13.1 Å². The molecule has 0 bridgehead atoms. The van der Waals surface area contributed by atoms with Crippen molar-refractivity contribution in [2.75, 3.05) is 0 Å². The highest BCUT2D eigenvalue weighted by Crippen LogP contribution is 2.32. The van der Waals surface area contributed by atoms with Gasteiger partial charge >= 0.3 is 0 Å². The van der Waals surface area contributed by atoms with Crippen molar-refractivity contribution in [2.24, 2.45) is 11.8 Å². The quantitative estimate of drug-likeness (QED) is 0.844. The maximum Gasteiger partial charge on any atom is 0.250 e. The summed E-state index contributed by atoms with van der Waals surface area (Å²) in [5, 5.41) is 5.36. The van der Waals surface area contributed by atoms with Gasteiger partial charge in [-0.3, -0.25) is 0 Å². The molecule has 118 valence electrons. The van der Waals surface area contributed by atoms with Crippen LogP contribution in [0.1, 0.15) is 45.1 Å². The van der Waals surface area contributed by atoms with Crippen LogP contribution in [-0.4, -0.2) is 20.5 Å². The van der Waals surface area contributed by atoms with Crippen LogP contribution in [-0.2, 0) is 16.6 Å². The number of sulfonamides is 1. The van der Waals surface area contributed by atoms with Crippen molar-refractivity contribution in [1.82, 2.24) is 10.0 Å². The lowest BCUT2D eigenvalue weighted by Gasteiger charge is -2.19. The summed E-state index contributed by atoms with van der Waals surface area (Å²) in [6, 6.07) is 2.54. The van der Waals surface area contributed by atoms with Crippen molar-refractivity contribution >= 4 is 21.4 Å². The van der Waals surface area contributed by atoms with Crippen LogP contribution < -0.4 is 10.0 Å². The lowest BCUT2D eigenvalue weighted by molar-refractivity contribution is 0.402. The molecule has 4 nitrogen and oxygen atoms in total. The zero-order valence-corrected chi connectivity index (χ0v) is 14.3. The van der Waals surface area contributed by atoms with Gasteiger partial charge in [-0.15, -0.1) is 11.3 Å². The van der Waals surface area contributed by atoms with Crippen molar-refractivity contribution in [2.45, 2.75) is 62.4 Å². The first-order valence-electron chi connectivity index (χ1n) is 7.79. The maximum absolute atomic E-state index is 12.5. The molecule has 1 heterocycles. The molecule has 2 fully saturated rings. The summed E-state index contributed by atoms with van der Waals surface area (Å²) in [5.41, 5.74) is 1.07. The Morgan fingerprint density at radius 2 is 2.00 bits per heavy atom. The highest BCUT2D eigenvalue weighted by atomic mass is 32.2. The Kier molecular flexibility index (Phi) is 4.41. The molecule has 0 amide bonds. The molecule has 1 aromatic heterocycles. The third kappa shape index (κ3) is 3.67. The van der Waals surface area contributed by atoms with Crippen LogP contribution >= 0.6 is 11.3 Å². The fourth-order valence-electron chi connectivity index (χ4n) is 2.92. The van der Waals surface area contributed by atoms with Gasteiger partial charge in [-0.05, 0) is 54.5 Å². The van der Waals surface area contributed by atoms with E-state index in [1.807, 2.05) is 11.4 Å². The van der Waals surface area contributed by atoms with Gasteiger partial charge in [-0.1, -0.05) is 13.8 Å². The van der Waals surface area contributed by atoms with Crippen molar-refractivity contribution in [3.8, 4) is 0 Å². The molecule has 0 spiro atoms. The first-order valence-corrected chi connectivity index (χ1v) is 10.1. The summed E-state index contributed by atoms with van der Waals surface area (Å²) in [5.74, 6) is 1.01. The van der Waals surface area contributed by atoms with Crippen LogP contribution in [0, 0.1) is 11.8 Å². The minimum atomic E-state index is -3.36. The van der Waals surface area contributed by atoms with E-state index in [0.29, 0.717) is 22.1 Å². The van der Waals surface area contributed by atoms with Gasteiger partial charge in [0.25, 0.3) is 0 Å². The van der Waals surface area contributed by atoms with Crippen LogP contribution in [0.25, 0.3) is 0 Å². The molecule has 2 N–H and O–H groups in total. The van der Waals surface area contributed by atoms with E-state index in [1.165, 1.54) is 24.2 Å². The molecule has 3 rings (SSSR count). The van der Waals surface area contributed by atoms with Gasteiger partial charge in [-0.2, -0.15) is 0 Å². The topological polar surface area (TPSA) is 58.2 Å². The molecular formula is C15H24N2O2S2. The van der Waals surface area contributed by atoms with Crippen molar-refractivity contribution in [3.63, 3.8) is 0 Å². The first kappa shape index (κ1) is 15.5. The Morgan fingerprint density at radius 1 is 1.24 bits per heavy atom. The minimum absolute atomic E-state index is 0.0835. The van der Waals surface area contributed by atoms with Crippen LogP contribution in [0.5, 0.6) is 0 Å². The lowest BCUT2D eigenvalue weighted by Crippen LogP contribution is -2.36. The monoisotopic (exact) mass is 328 g/mol. The number of hydrogen-bond acceptors (Lipinski definition) is 4. The van der Waals surface area contributed by atoms with E-state index < -0.39 is 10.0 Å². The molecule has 1 aromatic rings. The molecule has 3 unspecified atom stereocenters. The third-order valence-electron chi connectivity index (χ3n) is 4.84. The fourth-order valence-corrected chi connectivity index (χ4v) is 5.51. The van der Waals surface area contributed by atoms with E-state index in [1.54, 1.807) is 0 Å². The maximum atomic E-state index is 12.5. The van der Waals surface area contributed by atoms with E-state index in [-0.39, 0.29) is 6.04 Å². The van der Waals surface area contributed by atoms with E-state index in [9.17, 15) is 8.42 Å². The Labute approximate surface area is 131 Å². The largest absolute Gasteiger partial charge is 0.310 e.